The van der Waals surface area contributed by atoms with Crippen molar-refractivity contribution >= 4 is 0 Å². The van der Waals surface area contributed by atoms with Gasteiger partial charge in [0.05, 0.1) is 13.2 Å². The smallest absolute Gasteiger partial charge is 0.165 e. The Kier molecular flexibility index (Phi) is 5.80. The van der Waals surface area contributed by atoms with Crippen LogP contribution in [-0.4, -0.2) is 25.9 Å². The molecule has 2 N–H and O–H groups in total. The molecule has 1 heterocycles. The number of hydrogen-bond acceptors (Lipinski definition) is 3. The fourth-order valence-electron chi connectivity index (χ4n) is 2.68. The van der Waals surface area contributed by atoms with E-state index in [1.54, 1.807) is 6.07 Å². The minimum atomic E-state index is -0.326. The highest BCUT2D eigenvalue weighted by Gasteiger charge is 2.15. The molecule has 2 rings (SSSR count). The first-order valence-corrected chi connectivity index (χ1v) is 7.38. The van der Waals surface area contributed by atoms with Crippen LogP contribution in [0.4, 0.5) is 4.39 Å². The van der Waals surface area contributed by atoms with Gasteiger partial charge < -0.3 is 15.2 Å². The van der Waals surface area contributed by atoms with E-state index in [4.69, 9.17) is 15.2 Å². The average Bonchev–Trinajstić information content (AvgIpc) is 2.46. The van der Waals surface area contributed by atoms with E-state index < -0.39 is 0 Å². The zero-order valence-electron chi connectivity index (χ0n) is 12.1. The normalized spacial score (nSPS) is 20.6. The van der Waals surface area contributed by atoms with E-state index in [9.17, 15) is 4.39 Å². The van der Waals surface area contributed by atoms with Crippen LogP contribution < -0.4 is 10.5 Å². The molecule has 0 spiro atoms. The van der Waals surface area contributed by atoms with Crippen molar-refractivity contribution in [3.63, 3.8) is 0 Å². The van der Waals surface area contributed by atoms with Crippen LogP contribution in [0.1, 0.15) is 37.7 Å². The van der Waals surface area contributed by atoms with Gasteiger partial charge >= 0.3 is 0 Å². The summed E-state index contributed by atoms with van der Waals surface area (Å²) >= 11 is 0. The molecule has 3 nitrogen and oxygen atoms in total. The minimum Gasteiger partial charge on any atom is -0.494 e. The Morgan fingerprint density at radius 3 is 2.95 bits per heavy atom. The Labute approximate surface area is 120 Å². The SMILES string of the molecule is COc1ccc(CC(N)CCC2CCCCO2)cc1F. The maximum Gasteiger partial charge on any atom is 0.165 e. The highest BCUT2D eigenvalue weighted by atomic mass is 19.1. The van der Waals surface area contributed by atoms with Gasteiger partial charge in [-0.15, -0.1) is 0 Å². The van der Waals surface area contributed by atoms with Gasteiger partial charge in [0.25, 0.3) is 0 Å². The van der Waals surface area contributed by atoms with Gasteiger partial charge in [0.15, 0.2) is 11.6 Å². The van der Waals surface area contributed by atoms with E-state index in [0.29, 0.717) is 12.5 Å². The van der Waals surface area contributed by atoms with Gasteiger partial charge in [0.2, 0.25) is 0 Å². The quantitative estimate of drug-likeness (QED) is 0.871. The summed E-state index contributed by atoms with van der Waals surface area (Å²) in [4.78, 5) is 0. The van der Waals surface area contributed by atoms with Gasteiger partial charge in [0, 0.05) is 12.6 Å². The van der Waals surface area contributed by atoms with Crippen molar-refractivity contribution in [1.29, 1.82) is 0 Å². The van der Waals surface area contributed by atoms with Gasteiger partial charge in [-0.2, -0.15) is 0 Å². The molecule has 20 heavy (non-hydrogen) atoms. The number of benzene rings is 1. The summed E-state index contributed by atoms with van der Waals surface area (Å²) in [5, 5.41) is 0. The van der Waals surface area contributed by atoms with Crippen LogP contribution in [0, 0.1) is 5.82 Å². The molecular formula is C16H24FNO2. The van der Waals surface area contributed by atoms with Gasteiger partial charge in [-0.05, 0) is 56.2 Å². The molecule has 2 atom stereocenters. The predicted octanol–water partition coefficient (Wildman–Crippen LogP) is 3.05. The standard InChI is InChI=1S/C16H24FNO2/c1-19-16-8-5-12(11-15(16)17)10-13(18)6-7-14-4-2-3-9-20-14/h5,8,11,13-14H,2-4,6-7,9-10,18H2,1H3. The summed E-state index contributed by atoms with van der Waals surface area (Å²) in [6, 6.07) is 5.09. The van der Waals surface area contributed by atoms with Gasteiger partial charge in [0.1, 0.15) is 0 Å². The van der Waals surface area contributed by atoms with Crippen molar-refractivity contribution in [2.75, 3.05) is 13.7 Å². The number of nitrogens with two attached hydrogens (primary N) is 1. The molecule has 0 saturated carbocycles. The monoisotopic (exact) mass is 281 g/mol. The highest BCUT2D eigenvalue weighted by Crippen LogP contribution is 2.20. The van der Waals surface area contributed by atoms with Crippen LogP contribution in [0.3, 0.4) is 0 Å². The summed E-state index contributed by atoms with van der Waals surface area (Å²) in [5.41, 5.74) is 7.05. The fraction of sp³-hybridized carbons (Fsp3) is 0.625. The Hall–Kier alpha value is -1.13. The van der Waals surface area contributed by atoms with Crippen molar-refractivity contribution in [3.8, 4) is 5.75 Å². The Morgan fingerprint density at radius 2 is 2.30 bits per heavy atom. The number of ether oxygens (including phenoxy) is 2. The van der Waals surface area contributed by atoms with E-state index in [2.05, 4.69) is 0 Å². The lowest BCUT2D eigenvalue weighted by Crippen LogP contribution is -2.27. The zero-order chi connectivity index (χ0) is 14.4. The maximum atomic E-state index is 13.6. The first-order chi connectivity index (χ1) is 9.69. The molecule has 1 aliphatic rings. The van der Waals surface area contributed by atoms with E-state index in [1.807, 2.05) is 6.07 Å². The molecule has 112 valence electrons. The maximum absolute atomic E-state index is 13.6. The summed E-state index contributed by atoms with van der Waals surface area (Å²) < 4.78 is 24.2. The minimum absolute atomic E-state index is 0.0494. The van der Waals surface area contributed by atoms with Gasteiger partial charge in [-0.25, -0.2) is 4.39 Å². The molecule has 0 radical (unpaired) electrons. The van der Waals surface area contributed by atoms with Crippen molar-refractivity contribution in [2.45, 2.75) is 50.7 Å². The van der Waals surface area contributed by atoms with E-state index in [-0.39, 0.29) is 17.6 Å². The van der Waals surface area contributed by atoms with Crippen LogP contribution in [0.5, 0.6) is 5.75 Å². The third-order valence-corrected chi connectivity index (χ3v) is 3.85. The number of halogens is 1. The molecule has 1 aromatic rings. The van der Waals surface area contributed by atoms with Crippen molar-refractivity contribution in [2.24, 2.45) is 5.73 Å². The number of methoxy groups -OCH3 is 1. The molecule has 1 aromatic carbocycles. The predicted molar refractivity (Wildman–Crippen MR) is 77.5 cm³/mol. The molecule has 0 bridgehead atoms. The van der Waals surface area contributed by atoms with Gasteiger partial charge in [-0.1, -0.05) is 6.07 Å². The second-order valence-corrected chi connectivity index (χ2v) is 5.50. The molecule has 0 aromatic heterocycles. The Balaban J connectivity index is 1.78. The third-order valence-electron chi connectivity index (χ3n) is 3.85. The molecule has 0 aliphatic carbocycles. The topological polar surface area (TPSA) is 44.5 Å². The Bertz CT molecular complexity index is 419. The third kappa shape index (κ3) is 4.46. The van der Waals surface area contributed by atoms with Crippen LogP contribution in [0.2, 0.25) is 0 Å². The van der Waals surface area contributed by atoms with Crippen LogP contribution in [0.15, 0.2) is 18.2 Å². The van der Waals surface area contributed by atoms with Crippen molar-refractivity contribution < 1.29 is 13.9 Å². The zero-order valence-corrected chi connectivity index (χ0v) is 12.1. The summed E-state index contributed by atoms with van der Waals surface area (Å²) in [7, 11) is 1.47. The van der Waals surface area contributed by atoms with Crippen LogP contribution in [-0.2, 0) is 11.2 Å². The van der Waals surface area contributed by atoms with Crippen molar-refractivity contribution in [3.05, 3.63) is 29.6 Å². The van der Waals surface area contributed by atoms with E-state index in [1.165, 1.54) is 26.0 Å². The molecule has 0 amide bonds. The summed E-state index contributed by atoms with van der Waals surface area (Å²) in [6.07, 6.45) is 6.54. The second kappa shape index (κ2) is 7.60. The first-order valence-electron chi connectivity index (χ1n) is 7.38. The number of rotatable bonds is 6. The molecule has 1 fully saturated rings. The summed E-state index contributed by atoms with van der Waals surface area (Å²) in [5.74, 6) is -0.0502. The fourth-order valence-corrected chi connectivity index (χ4v) is 2.68. The Morgan fingerprint density at radius 1 is 1.45 bits per heavy atom. The van der Waals surface area contributed by atoms with Crippen LogP contribution in [0.25, 0.3) is 0 Å². The lowest BCUT2D eigenvalue weighted by atomic mass is 9.98. The van der Waals surface area contributed by atoms with Crippen molar-refractivity contribution in [1.82, 2.24) is 0 Å². The van der Waals surface area contributed by atoms with Gasteiger partial charge in [-0.3, -0.25) is 0 Å². The first kappa shape index (κ1) is 15.3. The average molecular weight is 281 g/mol. The lowest BCUT2D eigenvalue weighted by Gasteiger charge is -2.23. The highest BCUT2D eigenvalue weighted by molar-refractivity contribution is 5.29. The summed E-state index contributed by atoms with van der Waals surface area (Å²) in [6.45, 7) is 0.879. The number of hydrogen-bond donors (Lipinski definition) is 1. The van der Waals surface area contributed by atoms with E-state index >= 15 is 0 Å². The molecule has 1 saturated heterocycles. The van der Waals surface area contributed by atoms with E-state index in [0.717, 1.165) is 31.4 Å². The molecule has 1 aliphatic heterocycles. The van der Waals surface area contributed by atoms with Crippen LogP contribution >= 0.6 is 0 Å². The lowest BCUT2D eigenvalue weighted by molar-refractivity contribution is 0.00915. The molecule has 2 unspecified atom stereocenters. The largest absolute Gasteiger partial charge is 0.494 e. The second-order valence-electron chi connectivity index (χ2n) is 5.50. The molecular weight excluding hydrogens is 257 g/mol. The molecule has 4 heteroatoms.